The molecule has 0 aromatic heterocycles. The Morgan fingerprint density at radius 1 is 1.35 bits per heavy atom. The first-order valence-corrected chi connectivity index (χ1v) is 7.50. The molecule has 112 valence electrons. The summed E-state index contributed by atoms with van der Waals surface area (Å²) in [5.74, 6) is 0.341. The van der Waals surface area contributed by atoms with Crippen LogP contribution < -0.4 is 9.62 Å². The van der Waals surface area contributed by atoms with Gasteiger partial charge in [-0.25, -0.2) is 9.10 Å². The summed E-state index contributed by atoms with van der Waals surface area (Å²) in [6.07, 6.45) is 0.871. The van der Waals surface area contributed by atoms with Gasteiger partial charge in [0, 0.05) is 5.54 Å². The Kier molecular flexibility index (Phi) is 5.51. The zero-order valence-electron chi connectivity index (χ0n) is 13.3. The van der Waals surface area contributed by atoms with E-state index in [1.165, 1.54) is 4.31 Å². The number of rotatable bonds is 3. The zero-order valence-corrected chi connectivity index (χ0v) is 14.2. The quantitative estimate of drug-likeness (QED) is 0.789. The third-order valence-electron chi connectivity index (χ3n) is 3.04. The first-order valence-electron chi connectivity index (χ1n) is 7.10. The van der Waals surface area contributed by atoms with E-state index in [9.17, 15) is 4.79 Å². The Balaban J connectivity index is 3.20. The maximum Gasteiger partial charge on any atom is 0.332 e. The number of hydrogen-bond acceptors (Lipinski definition) is 2. The van der Waals surface area contributed by atoms with Gasteiger partial charge in [0.15, 0.2) is 0 Å². The van der Waals surface area contributed by atoms with E-state index in [0.717, 1.165) is 23.2 Å². The molecule has 0 spiro atoms. The van der Waals surface area contributed by atoms with Crippen LogP contribution in [0.3, 0.4) is 0 Å². The van der Waals surface area contributed by atoms with Crippen molar-refractivity contribution in [3.63, 3.8) is 0 Å². The molecule has 20 heavy (non-hydrogen) atoms. The van der Waals surface area contributed by atoms with Crippen molar-refractivity contribution in [1.29, 1.82) is 0 Å². The van der Waals surface area contributed by atoms with Crippen LogP contribution in [-0.4, -0.2) is 11.6 Å². The molecule has 0 radical (unpaired) electrons. The Morgan fingerprint density at radius 2 is 1.95 bits per heavy atom. The van der Waals surface area contributed by atoms with Crippen molar-refractivity contribution in [2.24, 2.45) is 0 Å². The molecular formula is C16H26N2OS. The number of hydrogen-bond donors (Lipinski definition) is 2. The molecule has 1 rings (SSSR count). The van der Waals surface area contributed by atoms with E-state index in [4.69, 9.17) is 0 Å². The normalized spacial score (nSPS) is 11.6. The van der Waals surface area contributed by atoms with Crippen molar-refractivity contribution in [1.82, 2.24) is 5.32 Å². The number of urea groups is 1. The number of nitrogens with zero attached hydrogens (tertiary/aromatic N) is 1. The van der Waals surface area contributed by atoms with E-state index in [0.29, 0.717) is 5.92 Å². The fraction of sp³-hybridized carbons (Fsp3) is 0.562. The van der Waals surface area contributed by atoms with Crippen LogP contribution in [0.1, 0.15) is 58.6 Å². The lowest BCUT2D eigenvalue weighted by molar-refractivity contribution is 0.241. The van der Waals surface area contributed by atoms with Crippen molar-refractivity contribution in [2.45, 2.75) is 59.4 Å². The lowest BCUT2D eigenvalue weighted by atomic mass is 9.96. The highest BCUT2D eigenvalue weighted by molar-refractivity contribution is 7.82. The molecule has 0 bridgehead atoms. The van der Waals surface area contributed by atoms with E-state index in [1.54, 1.807) is 0 Å². The number of benzene rings is 1. The van der Waals surface area contributed by atoms with E-state index < -0.39 is 0 Å². The molecule has 0 heterocycles. The van der Waals surface area contributed by atoms with E-state index >= 15 is 0 Å². The molecule has 0 aliphatic carbocycles. The highest BCUT2D eigenvalue weighted by atomic mass is 32.1. The van der Waals surface area contributed by atoms with Crippen LogP contribution in [0.5, 0.6) is 0 Å². The molecule has 0 fully saturated rings. The van der Waals surface area contributed by atoms with Gasteiger partial charge in [-0.1, -0.05) is 51.8 Å². The average Bonchev–Trinajstić information content (AvgIpc) is 2.34. The van der Waals surface area contributed by atoms with Gasteiger partial charge in [0.1, 0.15) is 0 Å². The summed E-state index contributed by atoms with van der Waals surface area (Å²) in [6.45, 7) is 12.2. The Labute approximate surface area is 128 Å². The van der Waals surface area contributed by atoms with Gasteiger partial charge in [-0.15, -0.1) is 0 Å². The van der Waals surface area contributed by atoms with Gasteiger partial charge in [0.25, 0.3) is 0 Å². The lowest BCUT2D eigenvalue weighted by Crippen LogP contribution is -2.46. The van der Waals surface area contributed by atoms with Crippen LogP contribution in [-0.2, 0) is 6.42 Å². The second kappa shape index (κ2) is 6.53. The Hall–Kier alpha value is -1.16. The molecule has 2 amide bonds. The summed E-state index contributed by atoms with van der Waals surface area (Å²) >= 11 is 4.44. The summed E-state index contributed by atoms with van der Waals surface area (Å²) in [6, 6.07) is 5.96. The summed E-state index contributed by atoms with van der Waals surface area (Å²) < 4.78 is 1.44. The summed E-state index contributed by atoms with van der Waals surface area (Å²) in [5.41, 5.74) is 2.91. The third kappa shape index (κ3) is 4.17. The molecule has 4 heteroatoms. The topological polar surface area (TPSA) is 32.3 Å². The summed E-state index contributed by atoms with van der Waals surface area (Å²) in [5, 5.41) is 2.95. The number of carbonyl (C=O) groups excluding carboxylic acids is 1. The van der Waals surface area contributed by atoms with Crippen molar-refractivity contribution < 1.29 is 4.79 Å². The van der Waals surface area contributed by atoms with Gasteiger partial charge in [-0.3, -0.25) is 0 Å². The smallest absolute Gasteiger partial charge is 0.332 e. The number of amides is 2. The molecule has 0 aliphatic rings. The van der Waals surface area contributed by atoms with E-state index in [1.807, 2.05) is 26.8 Å². The number of para-hydroxylation sites is 1. The number of carbonyl (C=O) groups is 1. The lowest BCUT2D eigenvalue weighted by Gasteiger charge is -2.28. The highest BCUT2D eigenvalue weighted by Crippen LogP contribution is 2.33. The fourth-order valence-electron chi connectivity index (χ4n) is 2.10. The predicted octanol–water partition coefficient (Wildman–Crippen LogP) is 4.53. The van der Waals surface area contributed by atoms with Crippen LogP contribution in [0.15, 0.2) is 18.2 Å². The second-order valence-corrected chi connectivity index (χ2v) is 6.76. The van der Waals surface area contributed by atoms with Crippen LogP contribution in [0.2, 0.25) is 0 Å². The monoisotopic (exact) mass is 294 g/mol. The van der Waals surface area contributed by atoms with Crippen molar-refractivity contribution in [3.05, 3.63) is 29.3 Å². The molecule has 0 atom stereocenters. The fourth-order valence-corrected chi connectivity index (χ4v) is 2.39. The minimum atomic E-state index is -0.281. The largest absolute Gasteiger partial charge is 0.332 e. The first-order chi connectivity index (χ1) is 9.17. The molecule has 1 aromatic carbocycles. The summed E-state index contributed by atoms with van der Waals surface area (Å²) in [7, 11) is 0. The van der Waals surface area contributed by atoms with Gasteiger partial charge in [0.05, 0.1) is 5.69 Å². The van der Waals surface area contributed by atoms with Crippen LogP contribution in [0, 0.1) is 0 Å². The minimum absolute atomic E-state index is 0.191. The average molecular weight is 294 g/mol. The van der Waals surface area contributed by atoms with Crippen LogP contribution >= 0.6 is 12.8 Å². The summed E-state index contributed by atoms with van der Waals surface area (Å²) in [4.78, 5) is 12.3. The standard InChI is InChI=1S/C16H26N2OS/c1-7-12-9-8-10-13(11(2)3)14(12)18(20)15(19)17-16(4,5)6/h8-11,20H,7H2,1-6H3,(H,17,19). The number of nitrogens with one attached hydrogen (secondary N) is 1. The van der Waals surface area contributed by atoms with Crippen molar-refractivity contribution >= 4 is 24.5 Å². The molecular weight excluding hydrogens is 268 g/mol. The molecule has 0 aliphatic heterocycles. The number of anilines is 1. The second-order valence-electron chi connectivity index (χ2n) is 6.36. The molecule has 0 saturated carbocycles. The van der Waals surface area contributed by atoms with Gasteiger partial charge < -0.3 is 5.32 Å². The highest BCUT2D eigenvalue weighted by Gasteiger charge is 2.23. The molecule has 3 nitrogen and oxygen atoms in total. The third-order valence-corrected chi connectivity index (χ3v) is 3.42. The SMILES string of the molecule is CCc1cccc(C(C)C)c1N(S)C(=O)NC(C)(C)C. The Morgan fingerprint density at radius 3 is 2.40 bits per heavy atom. The first kappa shape index (κ1) is 16.9. The molecule has 1 aromatic rings. The maximum absolute atomic E-state index is 12.3. The van der Waals surface area contributed by atoms with Gasteiger partial charge in [-0.05, 0) is 44.2 Å². The van der Waals surface area contributed by atoms with Gasteiger partial charge >= 0.3 is 6.03 Å². The van der Waals surface area contributed by atoms with Crippen LogP contribution in [0.4, 0.5) is 10.5 Å². The maximum atomic E-state index is 12.3. The molecule has 0 unspecified atom stereocenters. The zero-order chi connectivity index (χ0) is 15.5. The number of thiol groups is 1. The van der Waals surface area contributed by atoms with Crippen molar-refractivity contribution in [3.8, 4) is 0 Å². The van der Waals surface area contributed by atoms with Crippen LogP contribution in [0.25, 0.3) is 0 Å². The molecule has 0 saturated heterocycles. The Bertz CT molecular complexity index is 478. The van der Waals surface area contributed by atoms with E-state index in [-0.39, 0.29) is 11.6 Å². The molecule has 1 N–H and O–H groups in total. The number of aryl methyl sites for hydroxylation is 1. The minimum Gasteiger partial charge on any atom is -0.332 e. The van der Waals surface area contributed by atoms with Gasteiger partial charge in [0.2, 0.25) is 0 Å². The predicted molar refractivity (Wildman–Crippen MR) is 89.7 cm³/mol. The van der Waals surface area contributed by atoms with Crippen molar-refractivity contribution in [2.75, 3.05) is 4.31 Å². The van der Waals surface area contributed by atoms with E-state index in [2.05, 4.69) is 51.0 Å². The van der Waals surface area contributed by atoms with Gasteiger partial charge in [-0.2, -0.15) is 0 Å².